The van der Waals surface area contributed by atoms with Crippen LogP contribution in [-0.4, -0.2) is 0 Å². The van der Waals surface area contributed by atoms with E-state index in [0.717, 1.165) is 0 Å². The van der Waals surface area contributed by atoms with Gasteiger partial charge in [-0.15, -0.1) is 0 Å². The number of benzene rings is 2. The van der Waals surface area contributed by atoms with Gasteiger partial charge < -0.3 is 5.32 Å². The molecule has 2 aliphatic carbocycles. The number of nitrogens with one attached hydrogen (secondary N) is 1. The van der Waals surface area contributed by atoms with Crippen LogP contribution >= 0.6 is 0 Å². The summed E-state index contributed by atoms with van der Waals surface area (Å²) < 4.78 is 0. The van der Waals surface area contributed by atoms with E-state index in [0.29, 0.717) is 0 Å². The van der Waals surface area contributed by atoms with Crippen LogP contribution in [0.3, 0.4) is 0 Å². The summed E-state index contributed by atoms with van der Waals surface area (Å²) in [4.78, 5) is 0. The highest BCUT2D eigenvalue weighted by Crippen LogP contribution is 2.63. The average Bonchev–Trinajstić information content (AvgIpc) is 2.82. The Labute approximate surface area is 191 Å². The molecule has 31 heavy (non-hydrogen) atoms. The summed E-state index contributed by atoms with van der Waals surface area (Å²) in [6, 6.07) is 14.1. The third-order valence-electron chi connectivity index (χ3n) is 11.3. The van der Waals surface area contributed by atoms with Gasteiger partial charge in [0.1, 0.15) is 0 Å². The zero-order chi connectivity index (χ0) is 23.4. The molecule has 0 spiro atoms. The van der Waals surface area contributed by atoms with Gasteiger partial charge in [0.25, 0.3) is 0 Å². The van der Waals surface area contributed by atoms with E-state index in [1.807, 2.05) is 0 Å². The molecule has 0 bridgehead atoms. The largest absolute Gasteiger partial charge is 0.356 e. The normalized spacial score (nSPS) is 25.0. The molecular formula is C30H43N. The van der Waals surface area contributed by atoms with E-state index in [9.17, 15) is 0 Å². The van der Waals surface area contributed by atoms with Gasteiger partial charge in [0.2, 0.25) is 0 Å². The van der Waals surface area contributed by atoms with Gasteiger partial charge in [-0.25, -0.2) is 0 Å². The van der Waals surface area contributed by atoms with E-state index in [-0.39, 0.29) is 32.5 Å². The number of hydrogen-bond donors (Lipinski definition) is 1. The van der Waals surface area contributed by atoms with Gasteiger partial charge in [-0.2, -0.15) is 0 Å². The van der Waals surface area contributed by atoms with E-state index < -0.39 is 0 Å². The van der Waals surface area contributed by atoms with Crippen molar-refractivity contribution in [1.82, 2.24) is 0 Å². The van der Waals surface area contributed by atoms with Crippen molar-refractivity contribution < 1.29 is 0 Å². The van der Waals surface area contributed by atoms with Crippen molar-refractivity contribution >= 4 is 11.4 Å². The lowest BCUT2D eigenvalue weighted by atomic mass is 9.59. The Morgan fingerprint density at radius 2 is 0.710 bits per heavy atom. The first-order valence-electron chi connectivity index (χ1n) is 12.0. The first-order valence-corrected chi connectivity index (χ1v) is 12.0. The van der Waals surface area contributed by atoms with E-state index in [1.54, 1.807) is 0 Å². The highest BCUT2D eigenvalue weighted by atomic mass is 14.9. The molecule has 168 valence electrons. The van der Waals surface area contributed by atoms with Crippen molar-refractivity contribution in [2.24, 2.45) is 10.8 Å². The van der Waals surface area contributed by atoms with E-state index >= 15 is 0 Å². The minimum atomic E-state index is 0.123. The van der Waals surface area contributed by atoms with Gasteiger partial charge in [-0.3, -0.25) is 0 Å². The fourth-order valence-corrected chi connectivity index (χ4v) is 6.44. The molecule has 0 saturated heterocycles. The maximum atomic E-state index is 3.75. The summed E-state index contributed by atoms with van der Waals surface area (Å²) in [5.41, 5.74) is 9.26. The summed E-state index contributed by atoms with van der Waals surface area (Å²) >= 11 is 0. The van der Waals surface area contributed by atoms with Crippen LogP contribution in [0.1, 0.15) is 105 Å². The van der Waals surface area contributed by atoms with Crippen molar-refractivity contribution in [2.45, 2.75) is 105 Å². The zero-order valence-electron chi connectivity index (χ0n) is 22.0. The second kappa shape index (κ2) is 5.97. The lowest BCUT2D eigenvalue weighted by molar-refractivity contribution is 0.125. The lowest BCUT2D eigenvalue weighted by Crippen LogP contribution is -2.42. The van der Waals surface area contributed by atoms with E-state index in [4.69, 9.17) is 0 Å². The van der Waals surface area contributed by atoms with Crippen molar-refractivity contribution in [3.05, 3.63) is 58.7 Å². The first kappa shape index (κ1) is 22.4. The molecule has 2 aromatic carbocycles. The molecular weight excluding hydrogens is 374 g/mol. The summed E-state index contributed by atoms with van der Waals surface area (Å²) in [5.74, 6) is 0. The molecule has 0 saturated carbocycles. The number of fused-ring (bicyclic) bond motifs is 2. The van der Waals surface area contributed by atoms with Crippen molar-refractivity contribution in [1.29, 1.82) is 0 Å². The van der Waals surface area contributed by atoms with Crippen LogP contribution in [-0.2, 0) is 21.7 Å². The molecule has 0 amide bonds. The van der Waals surface area contributed by atoms with Crippen molar-refractivity contribution in [3.8, 4) is 0 Å². The number of rotatable bonds is 2. The predicted octanol–water partition coefficient (Wildman–Crippen LogP) is 8.62. The van der Waals surface area contributed by atoms with E-state index in [2.05, 4.69) is 125 Å². The second-order valence-electron chi connectivity index (χ2n) is 13.4. The monoisotopic (exact) mass is 417 g/mol. The van der Waals surface area contributed by atoms with Gasteiger partial charge in [0.15, 0.2) is 0 Å². The molecule has 0 fully saturated rings. The quantitative estimate of drug-likeness (QED) is 0.515. The fraction of sp³-hybridized carbons (Fsp3) is 0.600. The Morgan fingerprint density at radius 3 is 1.03 bits per heavy atom. The predicted molar refractivity (Wildman–Crippen MR) is 136 cm³/mol. The molecule has 1 nitrogen and oxygen atoms in total. The van der Waals surface area contributed by atoms with Gasteiger partial charge in [-0.05, 0) is 79.0 Å². The molecule has 2 aromatic rings. The minimum Gasteiger partial charge on any atom is -0.356 e. The molecule has 4 rings (SSSR count). The molecule has 1 N–H and O–H groups in total. The molecule has 0 heterocycles. The Morgan fingerprint density at radius 1 is 0.419 bits per heavy atom. The third-order valence-corrected chi connectivity index (χ3v) is 11.3. The van der Waals surface area contributed by atoms with Gasteiger partial charge in [0.05, 0.1) is 0 Å². The molecule has 0 aromatic heterocycles. The molecule has 0 aliphatic heterocycles. The molecule has 0 unspecified atom stereocenters. The first-order chi connectivity index (χ1) is 13.9. The lowest BCUT2D eigenvalue weighted by Gasteiger charge is -2.44. The highest BCUT2D eigenvalue weighted by molar-refractivity contribution is 5.67. The number of anilines is 2. The Bertz CT molecular complexity index is 974. The summed E-state index contributed by atoms with van der Waals surface area (Å²) in [7, 11) is 0. The minimum absolute atomic E-state index is 0.123. The van der Waals surface area contributed by atoms with E-state index in [1.165, 1.54) is 33.6 Å². The van der Waals surface area contributed by atoms with Crippen LogP contribution in [0, 0.1) is 10.8 Å². The Balaban J connectivity index is 1.75. The Hall–Kier alpha value is -1.76. The van der Waals surface area contributed by atoms with Crippen LogP contribution in [0.15, 0.2) is 36.4 Å². The maximum Gasteiger partial charge on any atom is 0.0387 e. The zero-order valence-corrected chi connectivity index (χ0v) is 22.0. The SMILES string of the molecule is CC1(C)c2ccc(Nc3ccc4c(c3)C(C)(C)C(C)(C)C4(C)C)cc2C(C)(C)C1(C)C. The molecule has 2 aliphatic rings. The Kier molecular flexibility index (Phi) is 4.32. The van der Waals surface area contributed by atoms with Crippen molar-refractivity contribution in [2.75, 3.05) is 5.32 Å². The smallest absolute Gasteiger partial charge is 0.0387 e. The molecule has 0 radical (unpaired) electrons. The van der Waals surface area contributed by atoms with Crippen molar-refractivity contribution in [3.63, 3.8) is 0 Å². The summed E-state index contributed by atoms with van der Waals surface area (Å²) in [6.45, 7) is 28.9. The maximum absolute atomic E-state index is 3.75. The van der Waals surface area contributed by atoms with Gasteiger partial charge >= 0.3 is 0 Å². The van der Waals surface area contributed by atoms with Crippen LogP contribution in [0.4, 0.5) is 11.4 Å². The topological polar surface area (TPSA) is 12.0 Å². The second-order valence-corrected chi connectivity index (χ2v) is 13.4. The fourth-order valence-electron chi connectivity index (χ4n) is 6.44. The molecule has 1 heteroatoms. The third kappa shape index (κ3) is 2.50. The van der Waals surface area contributed by atoms with Crippen LogP contribution in [0.5, 0.6) is 0 Å². The van der Waals surface area contributed by atoms with Gasteiger partial charge in [0, 0.05) is 11.4 Å². The standard InChI is InChI=1S/C30H43N/c1-25(2)21-15-13-19(17-23(21)27(5,6)29(25,9)10)31-20-14-16-22-24(18-20)28(7,8)30(11,12)26(22,3)4/h13-18,31H,1-12H3. The summed E-state index contributed by atoms with van der Waals surface area (Å²) in [5, 5.41) is 3.75. The van der Waals surface area contributed by atoms with Crippen LogP contribution in [0.25, 0.3) is 0 Å². The highest BCUT2D eigenvalue weighted by Gasteiger charge is 2.57. The molecule has 0 atom stereocenters. The number of hydrogen-bond acceptors (Lipinski definition) is 1. The summed E-state index contributed by atoms with van der Waals surface area (Å²) in [6.07, 6.45) is 0. The van der Waals surface area contributed by atoms with Gasteiger partial charge in [-0.1, -0.05) is 95.2 Å². The van der Waals surface area contributed by atoms with Crippen LogP contribution < -0.4 is 5.32 Å². The average molecular weight is 418 g/mol. The van der Waals surface area contributed by atoms with Crippen LogP contribution in [0.2, 0.25) is 0 Å².